The molecule has 0 radical (unpaired) electrons. The van der Waals surface area contributed by atoms with Crippen LogP contribution in [0.25, 0.3) is 0 Å². The minimum Gasteiger partial charge on any atom is -0.380 e. The predicted molar refractivity (Wildman–Crippen MR) is 68.5 cm³/mol. The fourth-order valence-electron chi connectivity index (χ4n) is 1.53. The highest BCUT2D eigenvalue weighted by molar-refractivity contribution is 5.14. The summed E-state index contributed by atoms with van der Waals surface area (Å²) in [5.41, 5.74) is 1.33. The van der Waals surface area contributed by atoms with Gasteiger partial charge >= 0.3 is 0 Å². The van der Waals surface area contributed by atoms with Gasteiger partial charge in [-0.15, -0.1) is 0 Å². The first-order valence-electron chi connectivity index (χ1n) is 6.26. The Hall–Kier alpha value is -0.860. The van der Waals surface area contributed by atoms with Gasteiger partial charge < -0.3 is 10.1 Å². The fourth-order valence-corrected chi connectivity index (χ4v) is 1.53. The first kappa shape index (κ1) is 13.2. The molecular formula is C14H23NO. The molecule has 0 atom stereocenters. The zero-order valence-corrected chi connectivity index (χ0v) is 10.2. The van der Waals surface area contributed by atoms with Gasteiger partial charge in [-0.25, -0.2) is 0 Å². The van der Waals surface area contributed by atoms with Crippen LogP contribution < -0.4 is 5.32 Å². The van der Waals surface area contributed by atoms with E-state index in [1.807, 2.05) is 6.07 Å². The van der Waals surface area contributed by atoms with Crippen molar-refractivity contribution >= 4 is 0 Å². The Morgan fingerprint density at radius 1 is 1.06 bits per heavy atom. The molecule has 0 bridgehead atoms. The molecule has 0 saturated carbocycles. The normalized spacial score (nSPS) is 10.6. The van der Waals surface area contributed by atoms with Crippen LogP contribution in [0.2, 0.25) is 0 Å². The minimum absolute atomic E-state index is 0.816. The number of unbranched alkanes of at least 4 members (excludes halogenated alkanes) is 2. The molecule has 16 heavy (non-hydrogen) atoms. The lowest BCUT2D eigenvalue weighted by Crippen LogP contribution is -2.19. The Labute approximate surface area is 99.0 Å². The smallest absolute Gasteiger partial charge is 0.0591 e. The standard InChI is InChI=1S/C14H23NO/c1-2-3-7-11-16-12-10-15-13-14-8-5-4-6-9-14/h4-6,8-9,15H,2-3,7,10-13H2,1H3. The van der Waals surface area contributed by atoms with Crippen LogP contribution in [0.1, 0.15) is 31.7 Å². The van der Waals surface area contributed by atoms with Crippen LogP contribution in [0.3, 0.4) is 0 Å². The van der Waals surface area contributed by atoms with E-state index in [9.17, 15) is 0 Å². The molecule has 1 aromatic rings. The van der Waals surface area contributed by atoms with Gasteiger partial charge in [0.2, 0.25) is 0 Å². The molecule has 1 rings (SSSR count). The lowest BCUT2D eigenvalue weighted by molar-refractivity contribution is 0.132. The summed E-state index contributed by atoms with van der Waals surface area (Å²) < 4.78 is 5.51. The number of benzene rings is 1. The molecule has 1 N–H and O–H groups in total. The van der Waals surface area contributed by atoms with Crippen molar-refractivity contribution in [2.75, 3.05) is 19.8 Å². The molecule has 2 nitrogen and oxygen atoms in total. The molecule has 0 spiro atoms. The van der Waals surface area contributed by atoms with E-state index < -0.39 is 0 Å². The molecule has 0 aliphatic rings. The van der Waals surface area contributed by atoms with Crippen molar-refractivity contribution in [3.63, 3.8) is 0 Å². The highest BCUT2D eigenvalue weighted by Gasteiger charge is 1.91. The Morgan fingerprint density at radius 3 is 2.62 bits per heavy atom. The largest absolute Gasteiger partial charge is 0.380 e. The van der Waals surface area contributed by atoms with E-state index in [2.05, 4.69) is 36.5 Å². The van der Waals surface area contributed by atoms with E-state index in [1.165, 1.54) is 24.8 Å². The van der Waals surface area contributed by atoms with Gasteiger partial charge in [-0.1, -0.05) is 50.1 Å². The van der Waals surface area contributed by atoms with E-state index in [0.29, 0.717) is 0 Å². The van der Waals surface area contributed by atoms with Gasteiger partial charge in [0.15, 0.2) is 0 Å². The van der Waals surface area contributed by atoms with Crippen molar-refractivity contribution in [1.82, 2.24) is 5.32 Å². The molecule has 0 heterocycles. The maximum absolute atomic E-state index is 5.51. The van der Waals surface area contributed by atoms with E-state index in [1.54, 1.807) is 0 Å². The summed E-state index contributed by atoms with van der Waals surface area (Å²) in [6.07, 6.45) is 3.72. The maximum atomic E-state index is 5.51. The average molecular weight is 221 g/mol. The zero-order valence-electron chi connectivity index (χ0n) is 10.2. The number of hydrogen-bond donors (Lipinski definition) is 1. The molecule has 0 saturated heterocycles. The quantitative estimate of drug-likeness (QED) is 0.647. The van der Waals surface area contributed by atoms with Crippen LogP contribution in [0, 0.1) is 0 Å². The van der Waals surface area contributed by atoms with Gasteiger partial charge in [-0.3, -0.25) is 0 Å². The second-order valence-electron chi connectivity index (χ2n) is 3.98. The first-order valence-corrected chi connectivity index (χ1v) is 6.26. The van der Waals surface area contributed by atoms with Gasteiger partial charge in [0.25, 0.3) is 0 Å². The number of hydrogen-bond acceptors (Lipinski definition) is 2. The van der Waals surface area contributed by atoms with Gasteiger partial charge in [0.05, 0.1) is 6.61 Å². The second kappa shape index (κ2) is 9.37. The Bertz CT molecular complexity index is 248. The molecule has 2 heteroatoms. The van der Waals surface area contributed by atoms with E-state index in [0.717, 1.165) is 26.3 Å². The van der Waals surface area contributed by atoms with Crippen molar-refractivity contribution in [1.29, 1.82) is 0 Å². The van der Waals surface area contributed by atoms with Crippen LogP contribution in [0.15, 0.2) is 30.3 Å². The van der Waals surface area contributed by atoms with E-state index >= 15 is 0 Å². The molecule has 0 fully saturated rings. The molecule has 0 aromatic heterocycles. The maximum Gasteiger partial charge on any atom is 0.0591 e. The molecular weight excluding hydrogens is 198 g/mol. The van der Waals surface area contributed by atoms with Crippen molar-refractivity contribution in [2.45, 2.75) is 32.7 Å². The summed E-state index contributed by atoms with van der Waals surface area (Å²) in [4.78, 5) is 0. The summed E-state index contributed by atoms with van der Waals surface area (Å²) in [5.74, 6) is 0. The molecule has 0 unspecified atom stereocenters. The van der Waals surface area contributed by atoms with Gasteiger partial charge in [-0.05, 0) is 12.0 Å². The van der Waals surface area contributed by atoms with Crippen LogP contribution in [0.4, 0.5) is 0 Å². The van der Waals surface area contributed by atoms with E-state index in [4.69, 9.17) is 4.74 Å². The molecule has 1 aromatic carbocycles. The summed E-state index contributed by atoms with van der Waals surface area (Å²) in [6, 6.07) is 10.4. The number of rotatable bonds is 9. The van der Waals surface area contributed by atoms with Crippen LogP contribution in [-0.2, 0) is 11.3 Å². The van der Waals surface area contributed by atoms with Crippen LogP contribution >= 0.6 is 0 Å². The van der Waals surface area contributed by atoms with Crippen LogP contribution in [0.5, 0.6) is 0 Å². The third-order valence-electron chi connectivity index (χ3n) is 2.49. The highest BCUT2D eigenvalue weighted by Crippen LogP contribution is 1.97. The molecule has 0 aliphatic carbocycles. The molecule has 0 amide bonds. The Balaban J connectivity index is 1.89. The SMILES string of the molecule is CCCCCOCCNCc1ccccc1. The molecule has 90 valence electrons. The third-order valence-corrected chi connectivity index (χ3v) is 2.49. The van der Waals surface area contributed by atoms with Crippen LogP contribution in [-0.4, -0.2) is 19.8 Å². The Kier molecular flexibility index (Phi) is 7.74. The zero-order chi connectivity index (χ0) is 11.5. The lowest BCUT2D eigenvalue weighted by atomic mass is 10.2. The number of ether oxygens (including phenoxy) is 1. The third kappa shape index (κ3) is 6.59. The number of nitrogens with one attached hydrogen (secondary N) is 1. The van der Waals surface area contributed by atoms with Crippen molar-refractivity contribution < 1.29 is 4.74 Å². The van der Waals surface area contributed by atoms with Crippen molar-refractivity contribution in [3.8, 4) is 0 Å². The minimum atomic E-state index is 0.816. The monoisotopic (exact) mass is 221 g/mol. The summed E-state index contributed by atoms with van der Waals surface area (Å²) in [7, 11) is 0. The Morgan fingerprint density at radius 2 is 1.88 bits per heavy atom. The second-order valence-corrected chi connectivity index (χ2v) is 3.98. The predicted octanol–water partition coefficient (Wildman–Crippen LogP) is 2.98. The lowest BCUT2D eigenvalue weighted by Gasteiger charge is -2.06. The summed E-state index contributed by atoms with van der Waals surface area (Å²) >= 11 is 0. The van der Waals surface area contributed by atoms with Gasteiger partial charge in [-0.2, -0.15) is 0 Å². The average Bonchev–Trinajstić information content (AvgIpc) is 2.34. The molecule has 0 aliphatic heterocycles. The van der Waals surface area contributed by atoms with Crippen molar-refractivity contribution in [3.05, 3.63) is 35.9 Å². The fraction of sp³-hybridized carbons (Fsp3) is 0.571. The van der Waals surface area contributed by atoms with Crippen molar-refractivity contribution in [2.24, 2.45) is 0 Å². The first-order chi connectivity index (χ1) is 7.93. The summed E-state index contributed by atoms with van der Waals surface area (Å²) in [6.45, 7) is 5.79. The topological polar surface area (TPSA) is 21.3 Å². The van der Waals surface area contributed by atoms with E-state index in [-0.39, 0.29) is 0 Å². The van der Waals surface area contributed by atoms with Gasteiger partial charge in [0, 0.05) is 19.7 Å². The highest BCUT2D eigenvalue weighted by atomic mass is 16.5. The summed E-state index contributed by atoms with van der Waals surface area (Å²) in [5, 5.41) is 3.37. The van der Waals surface area contributed by atoms with Gasteiger partial charge in [0.1, 0.15) is 0 Å².